The Kier molecular flexibility index (Phi) is 10.3. The molecule has 0 bridgehead atoms. The van der Waals surface area contributed by atoms with Gasteiger partial charge in [-0.15, -0.1) is 0 Å². The van der Waals surface area contributed by atoms with Crippen molar-refractivity contribution in [3.63, 3.8) is 0 Å². The predicted molar refractivity (Wildman–Crippen MR) is 94.0 cm³/mol. The number of hydrogen-bond donors (Lipinski definition) is 1. The summed E-state index contributed by atoms with van der Waals surface area (Å²) in [6.45, 7) is 16.4. The molecule has 1 rings (SSSR count). The topological polar surface area (TPSA) is 18.5 Å². The first-order chi connectivity index (χ1) is 10.2. The molecule has 1 unspecified atom stereocenters. The Labute approximate surface area is 133 Å². The van der Waals surface area contributed by atoms with E-state index in [1.54, 1.807) is 0 Å². The Morgan fingerprint density at radius 3 is 2.19 bits per heavy atom. The van der Waals surface area contributed by atoms with Crippen LogP contribution in [0.1, 0.15) is 66.2 Å². The van der Waals surface area contributed by atoms with E-state index < -0.39 is 0 Å². The Morgan fingerprint density at radius 1 is 0.952 bits per heavy atom. The normalized spacial score (nSPS) is 18.6. The maximum atomic E-state index is 3.81. The van der Waals surface area contributed by atoms with E-state index >= 15 is 0 Å². The van der Waals surface area contributed by atoms with Gasteiger partial charge in [-0.05, 0) is 58.9 Å². The Hall–Kier alpha value is -0.120. The lowest BCUT2D eigenvalue weighted by atomic mass is 9.95. The van der Waals surface area contributed by atoms with E-state index in [1.807, 2.05) is 0 Å². The monoisotopic (exact) mass is 297 g/mol. The molecule has 1 aliphatic carbocycles. The van der Waals surface area contributed by atoms with Gasteiger partial charge < -0.3 is 10.2 Å². The van der Waals surface area contributed by atoms with Gasteiger partial charge in [-0.25, -0.2) is 0 Å². The zero-order valence-electron chi connectivity index (χ0n) is 15.0. The number of nitrogens with one attached hydrogen (secondary N) is 1. The zero-order valence-corrected chi connectivity index (χ0v) is 15.0. The highest BCUT2D eigenvalue weighted by Crippen LogP contribution is 2.17. The molecule has 0 spiro atoms. The maximum Gasteiger partial charge on any atom is 0.0192 e. The SMILES string of the molecule is CCN(CC)CCCN(CC)C(C)CNC1CCCCC1. The molecule has 0 heterocycles. The summed E-state index contributed by atoms with van der Waals surface area (Å²) in [5.74, 6) is 0. The van der Waals surface area contributed by atoms with Crippen LogP contribution in [0, 0.1) is 0 Å². The van der Waals surface area contributed by atoms with Crippen LogP contribution in [0.4, 0.5) is 0 Å². The van der Waals surface area contributed by atoms with Crippen molar-refractivity contribution in [2.24, 2.45) is 0 Å². The minimum Gasteiger partial charge on any atom is -0.312 e. The van der Waals surface area contributed by atoms with Gasteiger partial charge in [0.05, 0.1) is 0 Å². The summed E-state index contributed by atoms with van der Waals surface area (Å²) in [6.07, 6.45) is 8.37. The molecule has 1 aliphatic rings. The van der Waals surface area contributed by atoms with Crippen molar-refractivity contribution < 1.29 is 0 Å². The van der Waals surface area contributed by atoms with E-state index in [9.17, 15) is 0 Å². The Balaban J connectivity index is 2.20. The van der Waals surface area contributed by atoms with Crippen molar-refractivity contribution in [2.45, 2.75) is 78.3 Å². The highest BCUT2D eigenvalue weighted by Gasteiger charge is 2.16. The van der Waals surface area contributed by atoms with Gasteiger partial charge in [0.1, 0.15) is 0 Å². The molecule has 21 heavy (non-hydrogen) atoms. The highest BCUT2D eigenvalue weighted by molar-refractivity contribution is 4.76. The fourth-order valence-corrected chi connectivity index (χ4v) is 3.50. The third kappa shape index (κ3) is 7.62. The van der Waals surface area contributed by atoms with E-state index in [-0.39, 0.29) is 0 Å². The third-order valence-corrected chi connectivity index (χ3v) is 5.15. The quantitative estimate of drug-likeness (QED) is 0.631. The molecule has 3 nitrogen and oxygen atoms in total. The minimum absolute atomic E-state index is 0.661. The number of nitrogens with zero attached hydrogens (tertiary/aromatic N) is 2. The second-order valence-electron chi connectivity index (χ2n) is 6.60. The summed E-state index contributed by atoms with van der Waals surface area (Å²) in [7, 11) is 0. The fraction of sp³-hybridized carbons (Fsp3) is 1.00. The molecule has 0 aromatic heterocycles. The van der Waals surface area contributed by atoms with Crippen molar-refractivity contribution in [1.82, 2.24) is 15.1 Å². The van der Waals surface area contributed by atoms with Crippen molar-refractivity contribution in [3.8, 4) is 0 Å². The van der Waals surface area contributed by atoms with Crippen molar-refractivity contribution in [3.05, 3.63) is 0 Å². The lowest BCUT2D eigenvalue weighted by molar-refractivity contribution is 0.189. The van der Waals surface area contributed by atoms with Gasteiger partial charge >= 0.3 is 0 Å². The van der Waals surface area contributed by atoms with E-state index in [0.717, 1.165) is 12.6 Å². The van der Waals surface area contributed by atoms with Crippen LogP contribution in [-0.4, -0.2) is 61.2 Å². The van der Waals surface area contributed by atoms with Crippen LogP contribution >= 0.6 is 0 Å². The smallest absolute Gasteiger partial charge is 0.0192 e. The molecular weight excluding hydrogens is 258 g/mol. The summed E-state index contributed by atoms with van der Waals surface area (Å²) in [5.41, 5.74) is 0. The molecule has 0 aromatic rings. The summed E-state index contributed by atoms with van der Waals surface area (Å²) in [5, 5.41) is 3.81. The molecule has 3 heteroatoms. The lowest BCUT2D eigenvalue weighted by Crippen LogP contribution is -2.44. The maximum absolute atomic E-state index is 3.81. The van der Waals surface area contributed by atoms with Gasteiger partial charge in [-0.1, -0.05) is 40.0 Å². The molecule has 1 N–H and O–H groups in total. The summed E-state index contributed by atoms with van der Waals surface area (Å²) >= 11 is 0. The predicted octanol–water partition coefficient (Wildman–Crippen LogP) is 3.35. The van der Waals surface area contributed by atoms with Gasteiger partial charge in [0.25, 0.3) is 0 Å². The molecule has 126 valence electrons. The molecule has 0 radical (unpaired) electrons. The standard InChI is InChI=1S/C18H39N3/c1-5-20(6-2)14-11-15-21(7-3)17(4)16-19-18-12-9-8-10-13-18/h17-19H,5-16H2,1-4H3. The van der Waals surface area contributed by atoms with E-state index in [1.165, 1.54) is 71.2 Å². The van der Waals surface area contributed by atoms with Gasteiger partial charge in [0, 0.05) is 18.6 Å². The number of likely N-dealkylation sites (N-methyl/N-ethyl adjacent to an activating group) is 1. The number of hydrogen-bond acceptors (Lipinski definition) is 3. The van der Waals surface area contributed by atoms with Crippen molar-refractivity contribution in [2.75, 3.05) is 39.3 Å². The largest absolute Gasteiger partial charge is 0.312 e. The molecule has 0 amide bonds. The zero-order chi connectivity index (χ0) is 15.5. The molecule has 0 saturated heterocycles. The first-order valence-electron chi connectivity index (χ1n) is 9.40. The van der Waals surface area contributed by atoms with E-state index in [2.05, 4.69) is 42.8 Å². The van der Waals surface area contributed by atoms with Crippen LogP contribution in [0.3, 0.4) is 0 Å². The van der Waals surface area contributed by atoms with Crippen LogP contribution in [0.25, 0.3) is 0 Å². The lowest BCUT2D eigenvalue weighted by Gasteiger charge is -2.31. The molecular formula is C18H39N3. The first kappa shape index (κ1) is 18.9. The van der Waals surface area contributed by atoms with Gasteiger partial charge in [0.15, 0.2) is 0 Å². The van der Waals surface area contributed by atoms with Crippen molar-refractivity contribution >= 4 is 0 Å². The van der Waals surface area contributed by atoms with Gasteiger partial charge in [0.2, 0.25) is 0 Å². The molecule has 0 aliphatic heterocycles. The van der Waals surface area contributed by atoms with Crippen LogP contribution in [0.5, 0.6) is 0 Å². The summed E-state index contributed by atoms with van der Waals surface area (Å²) in [6, 6.07) is 1.45. The number of rotatable bonds is 11. The summed E-state index contributed by atoms with van der Waals surface area (Å²) < 4.78 is 0. The highest BCUT2D eigenvalue weighted by atomic mass is 15.2. The molecule has 1 saturated carbocycles. The Bertz CT molecular complexity index is 235. The van der Waals surface area contributed by atoms with Gasteiger partial charge in [-0.3, -0.25) is 4.90 Å². The Morgan fingerprint density at radius 2 is 1.62 bits per heavy atom. The van der Waals surface area contributed by atoms with Crippen LogP contribution < -0.4 is 5.32 Å². The fourth-order valence-electron chi connectivity index (χ4n) is 3.50. The van der Waals surface area contributed by atoms with Crippen LogP contribution in [0.15, 0.2) is 0 Å². The van der Waals surface area contributed by atoms with Crippen LogP contribution in [0.2, 0.25) is 0 Å². The molecule has 1 fully saturated rings. The van der Waals surface area contributed by atoms with E-state index in [0.29, 0.717) is 6.04 Å². The molecule has 1 atom stereocenters. The minimum atomic E-state index is 0.661. The van der Waals surface area contributed by atoms with Gasteiger partial charge in [-0.2, -0.15) is 0 Å². The van der Waals surface area contributed by atoms with Crippen LogP contribution in [-0.2, 0) is 0 Å². The average molecular weight is 298 g/mol. The average Bonchev–Trinajstić information content (AvgIpc) is 2.54. The van der Waals surface area contributed by atoms with Crippen molar-refractivity contribution in [1.29, 1.82) is 0 Å². The third-order valence-electron chi connectivity index (χ3n) is 5.15. The van der Waals surface area contributed by atoms with E-state index in [4.69, 9.17) is 0 Å². The second-order valence-corrected chi connectivity index (χ2v) is 6.60. The second kappa shape index (κ2) is 11.4. The first-order valence-corrected chi connectivity index (χ1v) is 9.40. The summed E-state index contributed by atoms with van der Waals surface area (Å²) in [4.78, 5) is 5.16. The molecule has 0 aromatic carbocycles.